The Bertz CT molecular complexity index is 306. The summed E-state index contributed by atoms with van der Waals surface area (Å²) in [6, 6.07) is -0.114. The average Bonchev–Trinajstić information content (AvgIpc) is 2.32. The van der Waals surface area contributed by atoms with Crippen LogP contribution in [0.15, 0.2) is 0 Å². The Morgan fingerprint density at radius 2 is 1.84 bits per heavy atom. The van der Waals surface area contributed by atoms with E-state index in [4.69, 9.17) is 4.74 Å². The zero-order valence-electron chi connectivity index (χ0n) is 11.7. The van der Waals surface area contributed by atoms with E-state index in [-0.39, 0.29) is 31.1 Å². The first-order chi connectivity index (χ1) is 8.95. The number of carbonyl (C=O) groups excluding carboxylic acids is 3. The highest BCUT2D eigenvalue weighted by Crippen LogP contribution is 1.92. The number of nitrogens with one attached hydrogen (secondary N) is 2. The molecule has 0 heterocycles. The molecule has 0 aromatic carbocycles. The van der Waals surface area contributed by atoms with Gasteiger partial charge < -0.3 is 20.1 Å². The van der Waals surface area contributed by atoms with E-state index in [0.29, 0.717) is 19.6 Å². The van der Waals surface area contributed by atoms with Crippen LogP contribution in [0.1, 0.15) is 27.2 Å². The maximum atomic E-state index is 11.3. The first-order valence-corrected chi connectivity index (χ1v) is 6.22. The van der Waals surface area contributed by atoms with Crippen molar-refractivity contribution in [3.05, 3.63) is 0 Å². The molecule has 0 aliphatic heterocycles. The third kappa shape index (κ3) is 11.2. The van der Waals surface area contributed by atoms with Crippen LogP contribution in [-0.4, -0.2) is 50.2 Å². The second kappa shape index (κ2) is 10.3. The number of amides is 2. The Morgan fingerprint density at radius 1 is 1.16 bits per heavy atom. The van der Waals surface area contributed by atoms with Gasteiger partial charge in [0.2, 0.25) is 5.91 Å². The van der Waals surface area contributed by atoms with E-state index >= 15 is 0 Å². The van der Waals surface area contributed by atoms with Crippen molar-refractivity contribution in [3.8, 4) is 0 Å². The van der Waals surface area contributed by atoms with E-state index in [1.165, 1.54) is 6.92 Å². The van der Waals surface area contributed by atoms with E-state index in [0.717, 1.165) is 0 Å². The zero-order valence-corrected chi connectivity index (χ0v) is 11.7. The fourth-order valence-electron chi connectivity index (χ4n) is 1.23. The van der Waals surface area contributed by atoms with E-state index < -0.39 is 5.97 Å². The van der Waals surface area contributed by atoms with Gasteiger partial charge in [-0.25, -0.2) is 0 Å². The van der Waals surface area contributed by atoms with Gasteiger partial charge in [0.1, 0.15) is 6.61 Å². The molecule has 0 saturated carbocycles. The van der Waals surface area contributed by atoms with Crippen LogP contribution in [0.5, 0.6) is 0 Å². The van der Waals surface area contributed by atoms with Crippen LogP contribution < -0.4 is 10.6 Å². The van der Waals surface area contributed by atoms with Crippen LogP contribution in [0, 0.1) is 0 Å². The molecule has 0 radical (unpaired) electrons. The lowest BCUT2D eigenvalue weighted by atomic mass is 10.2. The van der Waals surface area contributed by atoms with E-state index in [2.05, 4.69) is 15.4 Å². The molecule has 0 bridgehead atoms. The van der Waals surface area contributed by atoms with Crippen molar-refractivity contribution in [2.24, 2.45) is 0 Å². The molecule has 7 nitrogen and oxygen atoms in total. The molecule has 2 N–H and O–H groups in total. The van der Waals surface area contributed by atoms with E-state index in [1.807, 2.05) is 6.92 Å². The molecule has 0 aromatic heterocycles. The molecule has 0 saturated heterocycles. The highest BCUT2D eigenvalue weighted by Gasteiger charge is 2.09. The van der Waals surface area contributed by atoms with Gasteiger partial charge in [0.05, 0.1) is 0 Å². The lowest BCUT2D eigenvalue weighted by Gasteiger charge is -2.13. The average molecular weight is 274 g/mol. The van der Waals surface area contributed by atoms with Crippen LogP contribution >= 0.6 is 0 Å². The second-order valence-corrected chi connectivity index (χ2v) is 4.04. The van der Waals surface area contributed by atoms with Gasteiger partial charge >= 0.3 is 5.97 Å². The minimum atomic E-state index is -0.493. The number of rotatable bonds is 9. The largest absolute Gasteiger partial charge is 0.456 e. The highest BCUT2D eigenvalue weighted by molar-refractivity contribution is 5.80. The summed E-state index contributed by atoms with van der Waals surface area (Å²) in [4.78, 5) is 32.9. The van der Waals surface area contributed by atoms with Crippen LogP contribution in [0.25, 0.3) is 0 Å². The summed E-state index contributed by atoms with van der Waals surface area (Å²) in [5, 5.41) is 5.26. The SMILES string of the molecule is CCNC(=O)COCCC(C)NC(=O)COC(C)=O. The lowest BCUT2D eigenvalue weighted by Crippen LogP contribution is -2.36. The molecule has 0 aliphatic rings. The topological polar surface area (TPSA) is 93.7 Å². The fraction of sp³-hybridized carbons (Fsp3) is 0.750. The standard InChI is InChI=1S/C12H22N2O5/c1-4-13-11(16)7-18-6-5-9(2)14-12(17)8-19-10(3)15/h9H,4-8H2,1-3H3,(H,13,16)(H,14,17). The van der Waals surface area contributed by atoms with Gasteiger partial charge in [-0.05, 0) is 20.3 Å². The molecule has 7 heteroatoms. The van der Waals surface area contributed by atoms with Crippen molar-refractivity contribution in [1.82, 2.24) is 10.6 Å². The Balaban J connectivity index is 3.58. The first kappa shape index (κ1) is 17.4. The Kier molecular flexibility index (Phi) is 9.42. The number of carbonyl (C=O) groups is 3. The number of hydrogen-bond acceptors (Lipinski definition) is 5. The van der Waals surface area contributed by atoms with Gasteiger partial charge in [-0.2, -0.15) is 0 Å². The summed E-state index contributed by atoms with van der Waals surface area (Å²) < 4.78 is 9.70. The maximum Gasteiger partial charge on any atom is 0.303 e. The van der Waals surface area contributed by atoms with Crippen LogP contribution in [0.2, 0.25) is 0 Å². The van der Waals surface area contributed by atoms with Crippen LogP contribution in [0.3, 0.4) is 0 Å². The van der Waals surface area contributed by atoms with Gasteiger partial charge in [-0.15, -0.1) is 0 Å². The normalized spacial score (nSPS) is 11.5. The minimum Gasteiger partial charge on any atom is -0.456 e. The zero-order chi connectivity index (χ0) is 14.7. The molecule has 0 rings (SSSR count). The fourth-order valence-corrected chi connectivity index (χ4v) is 1.23. The molecule has 0 aliphatic carbocycles. The predicted molar refractivity (Wildman–Crippen MR) is 68.4 cm³/mol. The van der Waals surface area contributed by atoms with Crippen molar-refractivity contribution in [1.29, 1.82) is 0 Å². The molecule has 1 unspecified atom stereocenters. The van der Waals surface area contributed by atoms with Crippen molar-refractivity contribution in [2.45, 2.75) is 33.2 Å². The van der Waals surface area contributed by atoms with E-state index in [1.54, 1.807) is 6.92 Å². The smallest absolute Gasteiger partial charge is 0.303 e. The van der Waals surface area contributed by atoms with Gasteiger partial charge in [-0.1, -0.05) is 0 Å². The molecule has 2 amide bonds. The molecular weight excluding hydrogens is 252 g/mol. The first-order valence-electron chi connectivity index (χ1n) is 6.22. The molecule has 0 spiro atoms. The summed E-state index contributed by atoms with van der Waals surface area (Å²) in [6.45, 7) is 5.56. The van der Waals surface area contributed by atoms with Crippen LogP contribution in [-0.2, 0) is 23.9 Å². The number of ether oxygens (including phenoxy) is 2. The number of likely N-dealkylation sites (N-methyl/N-ethyl adjacent to an activating group) is 1. The van der Waals surface area contributed by atoms with E-state index in [9.17, 15) is 14.4 Å². The monoisotopic (exact) mass is 274 g/mol. The predicted octanol–water partition coefficient (Wildman–Crippen LogP) is -0.403. The summed E-state index contributed by atoms with van der Waals surface area (Å²) in [6.07, 6.45) is 0.575. The highest BCUT2D eigenvalue weighted by atomic mass is 16.5. The summed E-state index contributed by atoms with van der Waals surface area (Å²) in [7, 11) is 0. The molecular formula is C12H22N2O5. The third-order valence-electron chi connectivity index (χ3n) is 2.12. The van der Waals surface area contributed by atoms with Crippen molar-refractivity contribution in [2.75, 3.05) is 26.4 Å². The Labute approximate surface area is 113 Å². The Morgan fingerprint density at radius 3 is 2.42 bits per heavy atom. The third-order valence-corrected chi connectivity index (χ3v) is 2.12. The van der Waals surface area contributed by atoms with Crippen molar-refractivity contribution >= 4 is 17.8 Å². The van der Waals surface area contributed by atoms with Gasteiger partial charge in [-0.3, -0.25) is 14.4 Å². The van der Waals surface area contributed by atoms with Gasteiger partial charge in [0, 0.05) is 26.1 Å². The maximum absolute atomic E-state index is 11.3. The van der Waals surface area contributed by atoms with Crippen LogP contribution in [0.4, 0.5) is 0 Å². The van der Waals surface area contributed by atoms with Crippen molar-refractivity contribution in [3.63, 3.8) is 0 Å². The number of esters is 1. The molecule has 110 valence electrons. The summed E-state index contributed by atoms with van der Waals surface area (Å²) in [5.41, 5.74) is 0. The molecule has 1 atom stereocenters. The lowest BCUT2D eigenvalue weighted by molar-refractivity contribution is -0.146. The van der Waals surface area contributed by atoms with Crippen molar-refractivity contribution < 1.29 is 23.9 Å². The quantitative estimate of drug-likeness (QED) is 0.440. The molecule has 0 fully saturated rings. The minimum absolute atomic E-state index is 0.0158. The molecule has 19 heavy (non-hydrogen) atoms. The Hall–Kier alpha value is -1.63. The molecule has 0 aromatic rings. The van der Waals surface area contributed by atoms with Gasteiger partial charge in [0.15, 0.2) is 6.61 Å². The second-order valence-electron chi connectivity index (χ2n) is 4.04. The number of hydrogen-bond donors (Lipinski definition) is 2. The summed E-state index contributed by atoms with van der Waals surface area (Å²) in [5.74, 6) is -1.01. The summed E-state index contributed by atoms with van der Waals surface area (Å²) >= 11 is 0. The van der Waals surface area contributed by atoms with Gasteiger partial charge in [0.25, 0.3) is 5.91 Å².